The highest BCUT2D eigenvalue weighted by atomic mass is 32.2. The Labute approximate surface area is 119 Å². The van der Waals surface area contributed by atoms with Crippen molar-refractivity contribution < 1.29 is 8.42 Å². The van der Waals surface area contributed by atoms with Gasteiger partial charge in [0.1, 0.15) is 11.0 Å². The van der Waals surface area contributed by atoms with Crippen LogP contribution in [-0.4, -0.2) is 36.8 Å². The molecule has 2 heterocycles. The van der Waals surface area contributed by atoms with E-state index in [4.69, 9.17) is 11.0 Å². The zero-order chi connectivity index (χ0) is 14.8. The summed E-state index contributed by atoms with van der Waals surface area (Å²) in [7, 11) is -3.65. The quantitative estimate of drug-likeness (QED) is 0.884. The van der Waals surface area contributed by atoms with Crippen LogP contribution in [-0.2, 0) is 10.0 Å². The molecule has 1 saturated heterocycles. The summed E-state index contributed by atoms with van der Waals surface area (Å²) in [5, 5.41) is 8.98. The molecule has 108 valence electrons. The fraction of sp³-hybridized carbons (Fsp3) is 0.538. The third kappa shape index (κ3) is 2.82. The summed E-state index contributed by atoms with van der Waals surface area (Å²) >= 11 is 0. The van der Waals surface area contributed by atoms with Crippen molar-refractivity contribution in [2.45, 2.75) is 30.7 Å². The van der Waals surface area contributed by atoms with Crippen molar-refractivity contribution in [2.24, 2.45) is 11.7 Å². The highest BCUT2D eigenvalue weighted by molar-refractivity contribution is 7.89. The average Bonchev–Trinajstić information content (AvgIpc) is 2.47. The van der Waals surface area contributed by atoms with Crippen LogP contribution in [0.25, 0.3) is 0 Å². The number of hydrogen-bond donors (Lipinski definition) is 1. The molecular weight excluding hydrogens is 276 g/mol. The highest BCUT2D eigenvalue weighted by Crippen LogP contribution is 2.25. The van der Waals surface area contributed by atoms with Crippen molar-refractivity contribution in [1.29, 1.82) is 5.26 Å². The van der Waals surface area contributed by atoms with Gasteiger partial charge in [-0.05, 0) is 37.8 Å². The number of pyridine rings is 1. The van der Waals surface area contributed by atoms with E-state index in [9.17, 15) is 8.42 Å². The molecule has 0 aliphatic carbocycles. The normalized spacial score (nSPS) is 19.4. The lowest BCUT2D eigenvalue weighted by molar-refractivity contribution is 0.250. The van der Waals surface area contributed by atoms with Crippen molar-refractivity contribution >= 4 is 10.0 Å². The molecule has 0 amide bonds. The predicted molar refractivity (Wildman–Crippen MR) is 74.1 cm³/mol. The van der Waals surface area contributed by atoms with Gasteiger partial charge >= 0.3 is 0 Å². The van der Waals surface area contributed by atoms with Gasteiger partial charge < -0.3 is 5.73 Å². The summed E-state index contributed by atoms with van der Waals surface area (Å²) in [5.41, 5.74) is 5.80. The van der Waals surface area contributed by atoms with Gasteiger partial charge in [0, 0.05) is 25.3 Å². The van der Waals surface area contributed by atoms with Crippen molar-refractivity contribution in [1.82, 2.24) is 9.29 Å². The van der Waals surface area contributed by atoms with Crippen LogP contribution in [0.5, 0.6) is 0 Å². The predicted octanol–water partition coefficient (Wildman–Crippen LogP) is 0.701. The van der Waals surface area contributed by atoms with Crippen LogP contribution in [0.2, 0.25) is 0 Å². The fourth-order valence-corrected chi connectivity index (χ4v) is 4.03. The lowest BCUT2D eigenvalue weighted by atomic mass is 9.92. The van der Waals surface area contributed by atoms with Crippen molar-refractivity contribution in [3.63, 3.8) is 0 Å². The smallest absolute Gasteiger partial charge is 0.245 e. The van der Waals surface area contributed by atoms with E-state index in [2.05, 4.69) is 4.98 Å². The Kier molecular flexibility index (Phi) is 4.38. The topological polar surface area (TPSA) is 100 Å². The third-order valence-corrected chi connectivity index (χ3v) is 5.67. The first-order valence-corrected chi connectivity index (χ1v) is 8.01. The van der Waals surface area contributed by atoms with Gasteiger partial charge in [-0.25, -0.2) is 13.4 Å². The summed E-state index contributed by atoms with van der Waals surface area (Å²) < 4.78 is 26.5. The van der Waals surface area contributed by atoms with E-state index in [1.54, 1.807) is 0 Å². The molecule has 1 atom stereocenters. The minimum atomic E-state index is -3.65. The number of aromatic nitrogens is 1. The molecule has 2 rings (SSSR count). The Bertz CT molecular complexity index is 614. The second-order valence-corrected chi connectivity index (χ2v) is 6.97. The Morgan fingerprint density at radius 1 is 1.50 bits per heavy atom. The second kappa shape index (κ2) is 5.87. The van der Waals surface area contributed by atoms with Gasteiger partial charge in [-0.15, -0.1) is 0 Å². The molecule has 0 saturated carbocycles. The summed E-state index contributed by atoms with van der Waals surface area (Å²) in [4.78, 5) is 3.80. The molecule has 1 aliphatic rings. The molecule has 0 spiro atoms. The zero-order valence-corrected chi connectivity index (χ0v) is 12.2. The standard InChI is InChI=1S/C13H18N4O2S/c1-10(15)11-4-7-17(8-5-11)20(18,19)13-3-2-6-16-12(13)9-14/h2-3,6,10-11H,4-5,7-8,15H2,1H3. The minimum Gasteiger partial charge on any atom is -0.328 e. The Balaban J connectivity index is 2.23. The largest absolute Gasteiger partial charge is 0.328 e. The number of rotatable bonds is 3. The van der Waals surface area contributed by atoms with Gasteiger partial charge in [0.05, 0.1) is 0 Å². The number of nitrogens with two attached hydrogens (primary N) is 1. The van der Waals surface area contributed by atoms with Gasteiger partial charge in [0.25, 0.3) is 0 Å². The van der Waals surface area contributed by atoms with E-state index in [0.717, 1.165) is 12.8 Å². The number of nitriles is 1. The molecule has 1 unspecified atom stereocenters. The highest BCUT2D eigenvalue weighted by Gasteiger charge is 2.32. The Hall–Kier alpha value is -1.49. The average molecular weight is 294 g/mol. The van der Waals surface area contributed by atoms with Crippen LogP contribution in [0.3, 0.4) is 0 Å². The van der Waals surface area contributed by atoms with Gasteiger partial charge in [0.15, 0.2) is 5.69 Å². The van der Waals surface area contributed by atoms with Gasteiger partial charge in [-0.3, -0.25) is 0 Å². The molecule has 2 N–H and O–H groups in total. The maximum Gasteiger partial charge on any atom is 0.245 e. The summed E-state index contributed by atoms with van der Waals surface area (Å²) in [5.74, 6) is 0.353. The Morgan fingerprint density at radius 2 is 2.15 bits per heavy atom. The fourth-order valence-electron chi connectivity index (χ4n) is 2.46. The van der Waals surface area contributed by atoms with Crippen LogP contribution < -0.4 is 5.73 Å². The van der Waals surface area contributed by atoms with E-state index >= 15 is 0 Å². The van der Waals surface area contributed by atoms with E-state index in [-0.39, 0.29) is 16.6 Å². The summed E-state index contributed by atoms with van der Waals surface area (Å²) in [6, 6.07) is 4.87. The third-order valence-electron chi connectivity index (χ3n) is 3.74. The monoisotopic (exact) mass is 294 g/mol. The molecule has 7 heteroatoms. The summed E-state index contributed by atoms with van der Waals surface area (Å²) in [6.07, 6.45) is 2.91. The molecule has 0 bridgehead atoms. The van der Waals surface area contributed by atoms with E-state index < -0.39 is 10.0 Å². The molecule has 6 nitrogen and oxygen atoms in total. The molecule has 1 aromatic rings. The van der Waals surface area contributed by atoms with Gasteiger partial charge in [-0.2, -0.15) is 9.57 Å². The number of hydrogen-bond acceptors (Lipinski definition) is 5. The SMILES string of the molecule is CC(N)C1CCN(S(=O)(=O)c2cccnc2C#N)CC1. The lowest BCUT2D eigenvalue weighted by Gasteiger charge is -2.32. The van der Waals surface area contributed by atoms with E-state index in [1.165, 1.54) is 22.6 Å². The van der Waals surface area contributed by atoms with Gasteiger partial charge in [-0.1, -0.05) is 0 Å². The molecule has 1 aliphatic heterocycles. The van der Waals surface area contributed by atoms with Gasteiger partial charge in [0.2, 0.25) is 10.0 Å². The maximum absolute atomic E-state index is 12.5. The van der Waals surface area contributed by atoms with E-state index in [1.807, 2.05) is 13.0 Å². The van der Waals surface area contributed by atoms with Crippen LogP contribution in [0.15, 0.2) is 23.2 Å². The first-order valence-electron chi connectivity index (χ1n) is 6.57. The molecule has 0 aromatic carbocycles. The second-order valence-electron chi connectivity index (χ2n) is 5.06. The van der Waals surface area contributed by atoms with E-state index in [0.29, 0.717) is 19.0 Å². The number of nitrogens with zero attached hydrogens (tertiary/aromatic N) is 3. The first kappa shape index (κ1) is 14.9. The zero-order valence-electron chi connectivity index (χ0n) is 11.4. The molecular formula is C13H18N4O2S. The van der Waals surface area contributed by atoms with Crippen molar-refractivity contribution in [3.05, 3.63) is 24.0 Å². The summed E-state index contributed by atoms with van der Waals surface area (Å²) in [6.45, 7) is 2.83. The molecule has 0 radical (unpaired) electrons. The van der Waals surface area contributed by atoms with Crippen molar-refractivity contribution in [2.75, 3.05) is 13.1 Å². The maximum atomic E-state index is 12.5. The lowest BCUT2D eigenvalue weighted by Crippen LogP contribution is -2.42. The number of sulfonamides is 1. The Morgan fingerprint density at radius 3 is 2.70 bits per heavy atom. The van der Waals surface area contributed by atoms with Crippen LogP contribution in [0.4, 0.5) is 0 Å². The van der Waals surface area contributed by atoms with Crippen molar-refractivity contribution in [3.8, 4) is 6.07 Å². The molecule has 1 aromatic heterocycles. The van der Waals surface area contributed by atoms with Crippen LogP contribution in [0.1, 0.15) is 25.5 Å². The van der Waals surface area contributed by atoms with Crippen LogP contribution in [0, 0.1) is 17.2 Å². The minimum absolute atomic E-state index is 0.0123. The molecule has 1 fully saturated rings. The number of piperidine rings is 1. The first-order chi connectivity index (χ1) is 9.46. The molecule has 20 heavy (non-hydrogen) atoms. The van der Waals surface area contributed by atoms with Crippen LogP contribution >= 0.6 is 0 Å².